The third kappa shape index (κ3) is 2.26. The van der Waals surface area contributed by atoms with Crippen molar-refractivity contribution in [3.05, 3.63) is 29.8 Å². The predicted molar refractivity (Wildman–Crippen MR) is 57.2 cm³/mol. The van der Waals surface area contributed by atoms with Crippen molar-refractivity contribution in [2.75, 3.05) is 0 Å². The van der Waals surface area contributed by atoms with Crippen molar-refractivity contribution in [2.24, 2.45) is 5.73 Å². The third-order valence-electron chi connectivity index (χ3n) is 3.00. The number of rotatable bonds is 4. The highest BCUT2D eigenvalue weighted by atomic mass is 16.3. The molecule has 2 nitrogen and oxygen atoms in total. The summed E-state index contributed by atoms with van der Waals surface area (Å²) >= 11 is 0. The molecule has 0 saturated heterocycles. The highest BCUT2D eigenvalue weighted by Crippen LogP contribution is 2.37. The van der Waals surface area contributed by atoms with E-state index in [1.807, 2.05) is 18.2 Å². The van der Waals surface area contributed by atoms with E-state index in [9.17, 15) is 5.11 Å². The van der Waals surface area contributed by atoms with Crippen LogP contribution in [0.4, 0.5) is 0 Å². The van der Waals surface area contributed by atoms with Crippen LogP contribution in [-0.2, 0) is 6.42 Å². The zero-order valence-corrected chi connectivity index (χ0v) is 8.37. The number of para-hydroxylation sites is 1. The molecule has 0 aliphatic heterocycles. The predicted octanol–water partition coefficient (Wildman–Crippen LogP) is 2.21. The SMILES string of the molecule is NC1(CCCc2ccccc2O)CC1. The number of aromatic hydroxyl groups is 1. The second-order valence-electron chi connectivity index (χ2n) is 4.34. The van der Waals surface area contributed by atoms with Crippen LogP contribution in [0.2, 0.25) is 0 Å². The molecule has 2 rings (SSSR count). The van der Waals surface area contributed by atoms with Crippen molar-refractivity contribution < 1.29 is 5.11 Å². The zero-order valence-electron chi connectivity index (χ0n) is 8.37. The highest BCUT2D eigenvalue weighted by molar-refractivity contribution is 5.31. The van der Waals surface area contributed by atoms with Crippen molar-refractivity contribution >= 4 is 0 Å². The van der Waals surface area contributed by atoms with Crippen LogP contribution in [0.3, 0.4) is 0 Å². The van der Waals surface area contributed by atoms with Crippen molar-refractivity contribution in [3.8, 4) is 5.75 Å². The lowest BCUT2D eigenvalue weighted by molar-refractivity contribution is 0.464. The van der Waals surface area contributed by atoms with Crippen LogP contribution in [0.15, 0.2) is 24.3 Å². The van der Waals surface area contributed by atoms with E-state index in [-0.39, 0.29) is 5.54 Å². The second-order valence-corrected chi connectivity index (χ2v) is 4.34. The molecule has 3 N–H and O–H groups in total. The monoisotopic (exact) mass is 191 g/mol. The summed E-state index contributed by atoms with van der Waals surface area (Å²) in [7, 11) is 0. The van der Waals surface area contributed by atoms with E-state index in [4.69, 9.17) is 5.73 Å². The summed E-state index contributed by atoms with van der Waals surface area (Å²) in [6, 6.07) is 7.53. The molecular formula is C12H17NO. The minimum Gasteiger partial charge on any atom is -0.508 e. The molecule has 1 aromatic rings. The average Bonchev–Trinajstić information content (AvgIpc) is 2.88. The first-order chi connectivity index (χ1) is 6.70. The molecular weight excluding hydrogens is 174 g/mol. The maximum atomic E-state index is 9.52. The van der Waals surface area contributed by atoms with Gasteiger partial charge < -0.3 is 10.8 Å². The van der Waals surface area contributed by atoms with Crippen LogP contribution in [0.5, 0.6) is 5.75 Å². The van der Waals surface area contributed by atoms with Gasteiger partial charge in [-0.3, -0.25) is 0 Å². The molecule has 0 bridgehead atoms. The van der Waals surface area contributed by atoms with Crippen LogP contribution in [-0.4, -0.2) is 10.6 Å². The molecule has 76 valence electrons. The van der Waals surface area contributed by atoms with Gasteiger partial charge in [-0.25, -0.2) is 0 Å². The Labute approximate surface area is 84.7 Å². The van der Waals surface area contributed by atoms with Crippen LogP contribution < -0.4 is 5.73 Å². The summed E-state index contributed by atoms with van der Waals surface area (Å²) in [5.41, 5.74) is 7.17. The molecule has 0 aromatic heterocycles. The van der Waals surface area contributed by atoms with Gasteiger partial charge in [-0.2, -0.15) is 0 Å². The maximum absolute atomic E-state index is 9.52. The molecule has 1 aliphatic carbocycles. The van der Waals surface area contributed by atoms with Crippen molar-refractivity contribution in [1.82, 2.24) is 0 Å². The molecule has 1 fully saturated rings. The Balaban J connectivity index is 1.83. The first-order valence-corrected chi connectivity index (χ1v) is 5.25. The fourth-order valence-corrected chi connectivity index (χ4v) is 1.76. The first kappa shape index (κ1) is 9.53. The van der Waals surface area contributed by atoms with E-state index < -0.39 is 0 Å². The van der Waals surface area contributed by atoms with Gasteiger partial charge >= 0.3 is 0 Å². The van der Waals surface area contributed by atoms with Gasteiger partial charge in [0.25, 0.3) is 0 Å². The molecule has 0 atom stereocenters. The molecule has 0 amide bonds. The quantitative estimate of drug-likeness (QED) is 0.766. The molecule has 1 saturated carbocycles. The lowest BCUT2D eigenvalue weighted by Gasteiger charge is -2.08. The molecule has 0 unspecified atom stereocenters. The Morgan fingerprint density at radius 2 is 2.00 bits per heavy atom. The Morgan fingerprint density at radius 1 is 1.29 bits per heavy atom. The van der Waals surface area contributed by atoms with Gasteiger partial charge in [0.15, 0.2) is 0 Å². The molecule has 0 spiro atoms. The summed E-state index contributed by atoms with van der Waals surface area (Å²) in [4.78, 5) is 0. The van der Waals surface area contributed by atoms with E-state index in [0.717, 1.165) is 24.8 Å². The summed E-state index contributed by atoms with van der Waals surface area (Å²) in [5, 5.41) is 9.52. The molecule has 0 radical (unpaired) electrons. The maximum Gasteiger partial charge on any atom is 0.118 e. The average molecular weight is 191 g/mol. The normalized spacial score (nSPS) is 18.1. The summed E-state index contributed by atoms with van der Waals surface area (Å²) in [5.74, 6) is 0.411. The minimum atomic E-state index is 0.143. The van der Waals surface area contributed by atoms with E-state index in [1.165, 1.54) is 12.8 Å². The Bertz CT molecular complexity index is 318. The van der Waals surface area contributed by atoms with Gasteiger partial charge in [0.05, 0.1) is 0 Å². The van der Waals surface area contributed by atoms with Gasteiger partial charge in [0.1, 0.15) is 5.75 Å². The molecule has 14 heavy (non-hydrogen) atoms. The van der Waals surface area contributed by atoms with Crippen molar-refractivity contribution in [2.45, 2.75) is 37.6 Å². The Morgan fingerprint density at radius 3 is 2.64 bits per heavy atom. The van der Waals surface area contributed by atoms with Gasteiger partial charge in [-0.15, -0.1) is 0 Å². The highest BCUT2D eigenvalue weighted by Gasteiger charge is 2.36. The van der Waals surface area contributed by atoms with E-state index in [0.29, 0.717) is 5.75 Å². The summed E-state index contributed by atoms with van der Waals surface area (Å²) in [6.45, 7) is 0. The van der Waals surface area contributed by atoms with Gasteiger partial charge in [0, 0.05) is 5.54 Å². The second kappa shape index (κ2) is 3.62. The number of phenols is 1. The van der Waals surface area contributed by atoms with Gasteiger partial charge in [0.2, 0.25) is 0 Å². The first-order valence-electron chi connectivity index (χ1n) is 5.25. The topological polar surface area (TPSA) is 46.2 Å². The van der Waals surface area contributed by atoms with Crippen LogP contribution >= 0.6 is 0 Å². The number of hydrogen-bond donors (Lipinski definition) is 2. The van der Waals surface area contributed by atoms with E-state index >= 15 is 0 Å². The van der Waals surface area contributed by atoms with E-state index in [2.05, 4.69) is 0 Å². The van der Waals surface area contributed by atoms with Crippen LogP contribution in [0.25, 0.3) is 0 Å². The van der Waals surface area contributed by atoms with E-state index in [1.54, 1.807) is 6.07 Å². The largest absolute Gasteiger partial charge is 0.508 e. The van der Waals surface area contributed by atoms with Crippen molar-refractivity contribution in [3.63, 3.8) is 0 Å². The standard InChI is InChI=1S/C12H17NO/c13-12(8-9-12)7-3-5-10-4-1-2-6-11(10)14/h1-2,4,6,14H,3,5,7-9,13H2. The zero-order chi connectivity index (χ0) is 10.0. The van der Waals surface area contributed by atoms with Crippen LogP contribution in [0, 0.1) is 0 Å². The molecule has 0 heterocycles. The Hall–Kier alpha value is -1.02. The minimum absolute atomic E-state index is 0.143. The van der Waals surface area contributed by atoms with Crippen LogP contribution in [0.1, 0.15) is 31.2 Å². The number of aryl methyl sites for hydroxylation is 1. The number of nitrogens with two attached hydrogens (primary N) is 1. The molecule has 2 heteroatoms. The number of hydrogen-bond acceptors (Lipinski definition) is 2. The van der Waals surface area contributed by atoms with Gasteiger partial charge in [-0.1, -0.05) is 18.2 Å². The number of benzene rings is 1. The lowest BCUT2D eigenvalue weighted by Crippen LogP contribution is -2.21. The van der Waals surface area contributed by atoms with Crippen molar-refractivity contribution in [1.29, 1.82) is 0 Å². The fraction of sp³-hybridized carbons (Fsp3) is 0.500. The Kier molecular flexibility index (Phi) is 2.46. The summed E-state index contributed by atoms with van der Waals surface area (Å²) in [6.07, 6.45) is 5.45. The summed E-state index contributed by atoms with van der Waals surface area (Å²) < 4.78 is 0. The number of phenolic OH excluding ortho intramolecular Hbond substituents is 1. The molecule has 1 aliphatic rings. The molecule has 1 aromatic carbocycles. The smallest absolute Gasteiger partial charge is 0.118 e. The fourth-order valence-electron chi connectivity index (χ4n) is 1.76. The third-order valence-corrected chi connectivity index (χ3v) is 3.00. The lowest BCUT2D eigenvalue weighted by atomic mass is 10.0. The van der Waals surface area contributed by atoms with Gasteiger partial charge in [-0.05, 0) is 43.7 Å².